The van der Waals surface area contributed by atoms with Gasteiger partial charge in [0.1, 0.15) is 5.15 Å². The van der Waals surface area contributed by atoms with Gasteiger partial charge in [-0.15, -0.1) is 0 Å². The van der Waals surface area contributed by atoms with Crippen LogP contribution in [0.5, 0.6) is 0 Å². The average Bonchev–Trinajstić information content (AvgIpc) is 3.21. The molecule has 0 unspecified atom stereocenters. The van der Waals surface area contributed by atoms with Gasteiger partial charge in [0.2, 0.25) is 5.82 Å². The average molecular weight is 357 g/mol. The Morgan fingerprint density at radius 2 is 1.95 bits per heavy atom. The van der Waals surface area contributed by atoms with Crippen LogP contribution in [0.25, 0.3) is 0 Å². The van der Waals surface area contributed by atoms with Gasteiger partial charge in [0.05, 0.1) is 10.7 Å². The summed E-state index contributed by atoms with van der Waals surface area (Å²) in [5, 5.41) is 1.44. The lowest BCUT2D eigenvalue weighted by Gasteiger charge is -2.20. The Hall–Kier alpha value is -1.23. The van der Waals surface area contributed by atoms with Crippen molar-refractivity contribution in [2.24, 2.45) is 0 Å². The van der Waals surface area contributed by atoms with Gasteiger partial charge in [-0.1, -0.05) is 34.8 Å². The highest BCUT2D eigenvalue weighted by Gasteiger charge is 2.31. The van der Waals surface area contributed by atoms with E-state index in [2.05, 4.69) is 4.98 Å². The predicted molar refractivity (Wildman–Crippen MR) is 89.0 cm³/mol. The van der Waals surface area contributed by atoms with E-state index < -0.39 is 0 Å². The first-order chi connectivity index (χ1) is 10.5. The van der Waals surface area contributed by atoms with Crippen molar-refractivity contribution in [2.45, 2.75) is 25.3 Å². The van der Waals surface area contributed by atoms with Gasteiger partial charge < -0.3 is 9.47 Å². The van der Waals surface area contributed by atoms with Crippen molar-refractivity contribution in [1.29, 1.82) is 0 Å². The molecule has 1 aliphatic carbocycles. The van der Waals surface area contributed by atoms with Gasteiger partial charge in [-0.05, 0) is 37.0 Å². The molecular weight excluding hydrogens is 345 g/mol. The van der Waals surface area contributed by atoms with E-state index in [1.807, 2.05) is 11.0 Å². The molecule has 4 rings (SSSR count). The lowest BCUT2D eigenvalue weighted by Crippen LogP contribution is -2.29. The summed E-state index contributed by atoms with van der Waals surface area (Å²) in [6, 6.07) is 3.81. The van der Waals surface area contributed by atoms with Gasteiger partial charge in [-0.3, -0.25) is 4.79 Å². The molecule has 0 saturated heterocycles. The van der Waals surface area contributed by atoms with Crippen LogP contribution in [0.15, 0.2) is 23.1 Å². The van der Waals surface area contributed by atoms with E-state index in [0.29, 0.717) is 27.6 Å². The highest BCUT2D eigenvalue weighted by atomic mass is 35.5. The molecule has 0 radical (unpaired) electrons. The second-order valence-corrected chi connectivity index (χ2v) is 6.86. The Morgan fingerprint density at radius 3 is 2.68 bits per heavy atom. The summed E-state index contributed by atoms with van der Waals surface area (Å²) in [5.74, 6) is 0.336. The summed E-state index contributed by atoms with van der Waals surface area (Å²) < 4.78 is 1.69. The minimum absolute atomic E-state index is 0.120. The third kappa shape index (κ3) is 2.30. The first-order valence-corrected chi connectivity index (χ1v) is 8.22. The molecule has 0 N–H and O–H groups in total. The molecule has 22 heavy (non-hydrogen) atoms. The molecule has 0 bridgehead atoms. The molecule has 114 valence electrons. The lowest BCUT2D eigenvalue weighted by molar-refractivity contribution is 0.695. The zero-order valence-electron chi connectivity index (χ0n) is 11.5. The van der Waals surface area contributed by atoms with E-state index in [9.17, 15) is 4.79 Å². The second kappa shape index (κ2) is 5.15. The third-order valence-electron chi connectivity index (χ3n) is 4.06. The Morgan fingerprint density at radius 1 is 1.18 bits per heavy atom. The van der Waals surface area contributed by atoms with Crippen LogP contribution >= 0.6 is 34.8 Å². The molecule has 2 heterocycles. The summed E-state index contributed by atoms with van der Waals surface area (Å²) >= 11 is 18.5. The zero-order valence-corrected chi connectivity index (χ0v) is 13.8. The number of anilines is 2. The van der Waals surface area contributed by atoms with Gasteiger partial charge in [0.25, 0.3) is 5.56 Å². The van der Waals surface area contributed by atoms with Crippen LogP contribution in [0.2, 0.25) is 15.2 Å². The standard InChI is InChI=1S/C15H12Cl3N3O/c16-9-5-8-3-4-20(13(8)11(17)6-9)14-15(22)21(10-1-2-10)7-12(18)19-14/h5-7,10H,1-4H2. The van der Waals surface area contributed by atoms with Crippen LogP contribution in [-0.4, -0.2) is 16.1 Å². The highest BCUT2D eigenvalue weighted by molar-refractivity contribution is 6.37. The summed E-state index contributed by atoms with van der Waals surface area (Å²) in [5.41, 5.74) is 1.71. The molecule has 7 heteroatoms. The van der Waals surface area contributed by atoms with E-state index in [4.69, 9.17) is 34.8 Å². The van der Waals surface area contributed by atoms with Crippen LogP contribution in [0, 0.1) is 0 Å². The van der Waals surface area contributed by atoms with Crippen LogP contribution in [0.4, 0.5) is 11.5 Å². The van der Waals surface area contributed by atoms with Crippen LogP contribution in [0.1, 0.15) is 24.4 Å². The summed E-state index contributed by atoms with van der Waals surface area (Å²) in [6.07, 6.45) is 4.40. The zero-order chi connectivity index (χ0) is 15.4. The maximum absolute atomic E-state index is 12.7. The molecule has 1 aliphatic heterocycles. The molecule has 1 fully saturated rings. The minimum atomic E-state index is -0.120. The van der Waals surface area contributed by atoms with E-state index in [0.717, 1.165) is 30.5 Å². The Kier molecular flexibility index (Phi) is 3.36. The Bertz CT molecular complexity index is 830. The highest BCUT2D eigenvalue weighted by Crippen LogP contribution is 2.41. The molecular formula is C15H12Cl3N3O. The smallest absolute Gasteiger partial charge is 0.294 e. The maximum Gasteiger partial charge on any atom is 0.294 e. The molecule has 4 nitrogen and oxygen atoms in total. The minimum Gasteiger partial charge on any atom is -0.320 e. The number of rotatable bonds is 2. The summed E-state index contributed by atoms with van der Waals surface area (Å²) in [4.78, 5) is 18.8. The van der Waals surface area contributed by atoms with Gasteiger partial charge in [-0.25, -0.2) is 4.98 Å². The quantitative estimate of drug-likeness (QED) is 0.808. The number of aromatic nitrogens is 2. The maximum atomic E-state index is 12.7. The molecule has 1 aromatic carbocycles. The number of benzene rings is 1. The Labute approximate surface area is 142 Å². The molecule has 2 aromatic rings. The van der Waals surface area contributed by atoms with Gasteiger partial charge >= 0.3 is 0 Å². The number of fused-ring (bicyclic) bond motifs is 1. The van der Waals surface area contributed by atoms with Gasteiger partial charge in [0, 0.05) is 23.8 Å². The predicted octanol–water partition coefficient (Wildman–Crippen LogP) is 4.23. The molecule has 1 aromatic heterocycles. The van der Waals surface area contributed by atoms with Crippen LogP contribution < -0.4 is 10.5 Å². The SMILES string of the molecule is O=c1c(N2CCc3cc(Cl)cc(Cl)c32)nc(Cl)cn1C1CC1. The normalized spacial score (nSPS) is 17.0. The van der Waals surface area contributed by atoms with E-state index in [-0.39, 0.29) is 11.6 Å². The van der Waals surface area contributed by atoms with Crippen molar-refractivity contribution in [3.05, 3.63) is 49.4 Å². The fourth-order valence-corrected chi connectivity index (χ4v) is 3.76. The van der Waals surface area contributed by atoms with Crippen LogP contribution in [-0.2, 0) is 6.42 Å². The van der Waals surface area contributed by atoms with Crippen molar-refractivity contribution in [3.63, 3.8) is 0 Å². The molecule has 2 aliphatic rings. The third-order valence-corrected chi connectivity index (χ3v) is 4.75. The lowest BCUT2D eigenvalue weighted by atomic mass is 10.2. The van der Waals surface area contributed by atoms with Crippen molar-refractivity contribution in [3.8, 4) is 0 Å². The van der Waals surface area contributed by atoms with Crippen molar-refractivity contribution >= 4 is 46.3 Å². The second-order valence-electron chi connectivity index (χ2n) is 5.63. The number of nitrogens with zero attached hydrogens (tertiary/aromatic N) is 3. The molecule has 1 saturated carbocycles. The van der Waals surface area contributed by atoms with E-state index in [1.54, 1.807) is 16.8 Å². The van der Waals surface area contributed by atoms with Crippen molar-refractivity contribution < 1.29 is 0 Å². The fourth-order valence-electron chi connectivity index (χ4n) is 2.93. The largest absolute Gasteiger partial charge is 0.320 e. The number of halogens is 3. The Balaban J connectivity index is 1.87. The fraction of sp³-hybridized carbons (Fsp3) is 0.333. The number of hydrogen-bond donors (Lipinski definition) is 0. The monoisotopic (exact) mass is 355 g/mol. The van der Waals surface area contributed by atoms with E-state index >= 15 is 0 Å². The van der Waals surface area contributed by atoms with E-state index in [1.165, 1.54) is 0 Å². The number of hydrogen-bond acceptors (Lipinski definition) is 3. The molecule has 0 amide bonds. The van der Waals surface area contributed by atoms with Gasteiger partial charge in [0.15, 0.2) is 0 Å². The van der Waals surface area contributed by atoms with Crippen molar-refractivity contribution in [2.75, 3.05) is 11.4 Å². The molecule has 0 atom stereocenters. The summed E-state index contributed by atoms with van der Waals surface area (Å²) in [7, 11) is 0. The first kappa shape index (κ1) is 14.4. The first-order valence-electron chi connectivity index (χ1n) is 7.09. The van der Waals surface area contributed by atoms with Crippen LogP contribution in [0.3, 0.4) is 0 Å². The van der Waals surface area contributed by atoms with Crippen molar-refractivity contribution in [1.82, 2.24) is 9.55 Å². The molecule has 0 spiro atoms. The summed E-state index contributed by atoms with van der Waals surface area (Å²) in [6.45, 7) is 0.642. The topological polar surface area (TPSA) is 38.1 Å². The van der Waals surface area contributed by atoms with Gasteiger partial charge in [-0.2, -0.15) is 0 Å².